The highest BCUT2D eigenvalue weighted by Crippen LogP contribution is 2.76. The summed E-state index contributed by atoms with van der Waals surface area (Å²) in [5.41, 5.74) is -1.17. The van der Waals surface area contributed by atoms with Crippen LogP contribution in [0.25, 0.3) is 0 Å². The van der Waals surface area contributed by atoms with Crippen molar-refractivity contribution in [1.82, 2.24) is 0 Å². The van der Waals surface area contributed by atoms with Gasteiger partial charge in [0, 0.05) is 0 Å². The smallest absolute Gasteiger partial charge is 0.397 e. The van der Waals surface area contributed by atoms with Gasteiger partial charge in [0.1, 0.15) is 23.7 Å². The van der Waals surface area contributed by atoms with E-state index in [1.165, 1.54) is 5.57 Å². The quantitative estimate of drug-likeness (QED) is 0.132. The van der Waals surface area contributed by atoms with Gasteiger partial charge in [-0.1, -0.05) is 60.1 Å². The number of rotatable bonds is 6. The van der Waals surface area contributed by atoms with Gasteiger partial charge in [0.15, 0.2) is 12.4 Å². The summed E-state index contributed by atoms with van der Waals surface area (Å²) in [5.74, 6) is -0.711. The van der Waals surface area contributed by atoms with E-state index in [-0.39, 0.29) is 39.4 Å². The minimum Gasteiger partial charge on any atom is -0.481 e. The molecule has 6 rings (SSSR count). The second-order valence-electron chi connectivity index (χ2n) is 18.5. The van der Waals surface area contributed by atoms with E-state index in [0.717, 1.165) is 38.5 Å². The highest BCUT2D eigenvalue weighted by atomic mass is 32.3. The van der Waals surface area contributed by atoms with E-state index in [0.29, 0.717) is 19.3 Å². The summed E-state index contributed by atoms with van der Waals surface area (Å²) < 4.78 is 49.8. The van der Waals surface area contributed by atoms with Crippen LogP contribution in [0.3, 0.4) is 0 Å². The molecule has 0 aromatic carbocycles. The van der Waals surface area contributed by atoms with Gasteiger partial charge in [-0.3, -0.25) is 9.35 Å². The molecule has 13 heteroatoms. The number of carboxylic acids is 1. The maximum absolute atomic E-state index is 13.0. The molecule has 12 nitrogen and oxygen atoms in total. The Balaban J connectivity index is 1.31. The largest absolute Gasteiger partial charge is 0.481 e. The first kappa shape index (κ1) is 37.6. The minimum absolute atomic E-state index is 0.0228. The van der Waals surface area contributed by atoms with E-state index in [1.54, 1.807) is 0 Å². The summed E-state index contributed by atoms with van der Waals surface area (Å²) in [5, 5.41) is 53.5. The van der Waals surface area contributed by atoms with Gasteiger partial charge in [0.25, 0.3) is 0 Å². The molecule has 3 unspecified atom stereocenters. The Morgan fingerprint density at radius 1 is 0.939 bits per heavy atom. The number of hydrogen-bond donors (Lipinski definition) is 6. The molecule has 0 amide bonds. The molecule has 0 radical (unpaired) electrons. The fraction of sp³-hybridized carbons (Fsp3) is 0.917. The van der Waals surface area contributed by atoms with Gasteiger partial charge in [0.2, 0.25) is 0 Å². The summed E-state index contributed by atoms with van der Waals surface area (Å²) in [6.45, 7) is 15.0. The van der Waals surface area contributed by atoms with E-state index in [4.69, 9.17) is 13.7 Å². The molecule has 1 heterocycles. The average Bonchev–Trinajstić information content (AvgIpc) is 2.97. The number of fused-ring (bicyclic) bond motifs is 7. The van der Waals surface area contributed by atoms with Gasteiger partial charge in [-0.2, -0.15) is 8.42 Å². The van der Waals surface area contributed by atoms with Crippen molar-refractivity contribution in [3.63, 3.8) is 0 Å². The van der Waals surface area contributed by atoms with Crippen LogP contribution >= 0.6 is 0 Å². The van der Waals surface area contributed by atoms with Crippen molar-refractivity contribution in [1.29, 1.82) is 0 Å². The molecule has 5 fully saturated rings. The number of carbonyl (C=O) groups is 1. The first-order chi connectivity index (χ1) is 22.5. The second kappa shape index (κ2) is 11.9. The molecule has 0 spiro atoms. The Kier molecular flexibility index (Phi) is 9.15. The number of aliphatic hydroxyl groups is 4. The van der Waals surface area contributed by atoms with E-state index in [1.807, 2.05) is 0 Å². The predicted molar refractivity (Wildman–Crippen MR) is 177 cm³/mol. The Bertz CT molecular complexity index is 1460. The van der Waals surface area contributed by atoms with Crippen LogP contribution in [0.2, 0.25) is 0 Å². The van der Waals surface area contributed by atoms with Crippen LogP contribution in [-0.2, 0) is 28.9 Å². The number of ether oxygens (including phenoxy) is 2. The third-order valence-electron chi connectivity index (χ3n) is 15.4. The van der Waals surface area contributed by atoms with E-state index >= 15 is 0 Å². The van der Waals surface area contributed by atoms with Gasteiger partial charge in [-0.25, -0.2) is 4.18 Å². The Labute approximate surface area is 290 Å². The molecule has 5 aliphatic carbocycles. The van der Waals surface area contributed by atoms with Crippen LogP contribution in [0.15, 0.2) is 11.6 Å². The van der Waals surface area contributed by atoms with Gasteiger partial charge < -0.3 is 35.0 Å². The molecule has 6 aliphatic rings. The van der Waals surface area contributed by atoms with Crippen molar-refractivity contribution in [2.75, 3.05) is 6.61 Å². The molecule has 0 aromatic rings. The molecule has 280 valence electrons. The zero-order valence-electron chi connectivity index (χ0n) is 30.0. The van der Waals surface area contributed by atoms with Crippen LogP contribution in [-0.4, -0.2) is 94.0 Å². The Morgan fingerprint density at radius 3 is 2.22 bits per heavy atom. The number of aliphatic carboxylic acids is 1. The van der Waals surface area contributed by atoms with Crippen molar-refractivity contribution in [3.8, 4) is 0 Å². The van der Waals surface area contributed by atoms with Crippen LogP contribution < -0.4 is 0 Å². The Hall–Kier alpha value is -1.16. The average molecular weight is 715 g/mol. The molecule has 14 atom stereocenters. The molecule has 6 N–H and O–H groups in total. The third-order valence-corrected chi connectivity index (χ3v) is 15.8. The van der Waals surface area contributed by atoms with Gasteiger partial charge >= 0.3 is 16.4 Å². The summed E-state index contributed by atoms with van der Waals surface area (Å²) >= 11 is 0. The number of aliphatic hydroxyl groups excluding tert-OH is 4. The summed E-state index contributed by atoms with van der Waals surface area (Å²) in [6, 6.07) is 0. The number of hydrogen-bond acceptors (Lipinski definition) is 10. The van der Waals surface area contributed by atoms with Crippen LogP contribution in [0.4, 0.5) is 0 Å². The number of allylic oxidation sites excluding steroid dienone is 2. The van der Waals surface area contributed by atoms with Crippen molar-refractivity contribution in [3.05, 3.63) is 11.6 Å². The summed E-state index contributed by atoms with van der Waals surface area (Å²) in [4.78, 5) is 13.0. The monoisotopic (exact) mass is 714 g/mol. The molecule has 0 aromatic heterocycles. The lowest BCUT2D eigenvalue weighted by Crippen LogP contribution is -2.68. The topological polar surface area (TPSA) is 200 Å². The van der Waals surface area contributed by atoms with Crippen LogP contribution in [0, 0.1) is 50.2 Å². The lowest BCUT2D eigenvalue weighted by atomic mass is 9.33. The molecule has 0 bridgehead atoms. The van der Waals surface area contributed by atoms with E-state index in [9.17, 15) is 43.3 Å². The zero-order chi connectivity index (χ0) is 36.3. The van der Waals surface area contributed by atoms with Gasteiger partial charge in [-0.05, 0) is 103 Å². The SMILES string of the molecule is CC1(C)CC[C@@]2(C(=O)O)C(C1)C1=CCC3[C@@]4(C)CC[C@H](O[C@@H]5O[C@H](CO)[C@@H](O)[C@H](O)[C@H]5OS(=O)(=O)O)C(C)(C)C4CC[C@@]3(C)[C@]1(C)C[C@H]2O. The fourth-order valence-electron chi connectivity index (χ4n) is 12.5. The van der Waals surface area contributed by atoms with Gasteiger partial charge in [0.05, 0.1) is 18.8 Å². The molecule has 49 heavy (non-hydrogen) atoms. The second-order valence-corrected chi connectivity index (χ2v) is 19.5. The van der Waals surface area contributed by atoms with E-state index < -0.39 is 76.7 Å². The lowest BCUT2D eigenvalue weighted by molar-refractivity contribution is -0.326. The molecule has 1 saturated heterocycles. The fourth-order valence-corrected chi connectivity index (χ4v) is 13.0. The molecule has 4 saturated carbocycles. The predicted octanol–water partition coefficient (Wildman–Crippen LogP) is 3.86. The molecular weight excluding hydrogens is 656 g/mol. The van der Waals surface area contributed by atoms with Crippen LogP contribution in [0.1, 0.15) is 106 Å². The first-order valence-corrected chi connectivity index (χ1v) is 19.4. The first-order valence-electron chi connectivity index (χ1n) is 18.0. The van der Waals surface area contributed by atoms with Crippen molar-refractivity contribution in [2.24, 2.45) is 50.2 Å². The standard InChI is InChI=1S/C36H58O12S/c1-31(2)14-15-36(30(41)42)20(16-31)19-8-9-23-33(5)12-11-25(32(3,4)22(33)10-13-34(23,6)35(19,7)17-24(36)38)47-29-28(48-49(43,44)45)27(40)26(39)21(18-37)46-29/h8,20-29,37-40H,9-18H2,1-7H3,(H,41,42)(H,43,44,45)/t20?,21-,22?,23?,24-,25+,26-,27+,28-,29+,33+,34-,35-,36-/m1/s1. The highest BCUT2D eigenvalue weighted by Gasteiger charge is 2.71. The highest BCUT2D eigenvalue weighted by molar-refractivity contribution is 7.80. The van der Waals surface area contributed by atoms with Gasteiger partial charge in [-0.15, -0.1) is 0 Å². The van der Waals surface area contributed by atoms with Crippen molar-refractivity contribution < 1.29 is 57.0 Å². The normalized spacial score (nSPS) is 50.6. The third kappa shape index (κ3) is 5.50. The number of carboxylic acid groups (broad SMARTS) is 1. The lowest BCUT2D eigenvalue weighted by Gasteiger charge is -2.71. The molecular formula is C36H58O12S. The minimum atomic E-state index is -5.05. The zero-order valence-corrected chi connectivity index (χ0v) is 30.8. The summed E-state index contributed by atoms with van der Waals surface area (Å²) in [7, 11) is -5.05. The van der Waals surface area contributed by atoms with E-state index in [2.05, 4.69) is 54.5 Å². The van der Waals surface area contributed by atoms with Crippen molar-refractivity contribution >= 4 is 16.4 Å². The maximum atomic E-state index is 13.0. The maximum Gasteiger partial charge on any atom is 0.397 e. The van der Waals surface area contributed by atoms with Crippen LogP contribution in [0.5, 0.6) is 0 Å². The Morgan fingerprint density at radius 2 is 1.61 bits per heavy atom. The summed E-state index contributed by atoms with van der Waals surface area (Å²) in [6.07, 6.45) is -0.770. The van der Waals surface area contributed by atoms with Crippen molar-refractivity contribution in [2.45, 2.75) is 149 Å². The molecule has 1 aliphatic heterocycles.